The molecule has 0 saturated heterocycles. The van der Waals surface area contributed by atoms with Crippen molar-refractivity contribution in [2.45, 2.75) is 0 Å². The molecule has 0 bridgehead atoms. The Morgan fingerprint density at radius 1 is 0.340 bits per heavy atom. The van der Waals surface area contributed by atoms with Crippen LogP contribution in [0, 0.1) is 0 Å². The number of hydrogen-bond donors (Lipinski definition) is 0. The van der Waals surface area contributed by atoms with Crippen molar-refractivity contribution in [2.24, 2.45) is 0 Å². The smallest absolute Gasteiger partial charge is 0.147 e. The van der Waals surface area contributed by atoms with E-state index in [4.69, 9.17) is 4.98 Å². The molecule has 2 nitrogen and oxygen atoms in total. The lowest BCUT2D eigenvalue weighted by Crippen LogP contribution is -1.93. The molecule has 10 aromatic rings. The molecule has 0 aliphatic heterocycles. The van der Waals surface area contributed by atoms with Crippen molar-refractivity contribution in [1.82, 2.24) is 9.38 Å². The molecule has 0 unspecified atom stereocenters. The van der Waals surface area contributed by atoms with Gasteiger partial charge in [-0.1, -0.05) is 158 Å². The molecule has 0 saturated carbocycles. The van der Waals surface area contributed by atoms with Crippen LogP contribution in [0.25, 0.3) is 93.3 Å². The monoisotopic (exact) mass is 596 g/mol. The van der Waals surface area contributed by atoms with E-state index in [1.807, 2.05) is 0 Å². The van der Waals surface area contributed by atoms with E-state index in [1.54, 1.807) is 0 Å². The van der Waals surface area contributed by atoms with Crippen LogP contribution in [0.4, 0.5) is 0 Å². The number of hydrogen-bond acceptors (Lipinski definition) is 1. The zero-order valence-corrected chi connectivity index (χ0v) is 25.6. The highest BCUT2D eigenvalue weighted by atomic mass is 15.0. The SMILES string of the molecule is c1ccc(-c2ccc(-c3ccc(-c4ccc5c6ccc7ccccc7c6c6nc7c8ccccc8ccc7n6c5c4)cc3)cc2)cc1. The summed E-state index contributed by atoms with van der Waals surface area (Å²) in [5, 5.41) is 8.50. The summed E-state index contributed by atoms with van der Waals surface area (Å²) in [5.41, 5.74) is 11.6. The van der Waals surface area contributed by atoms with Crippen LogP contribution < -0.4 is 0 Å². The van der Waals surface area contributed by atoms with Crippen LogP contribution in [-0.2, 0) is 0 Å². The molecular weight excluding hydrogens is 569 g/mol. The second-order valence-corrected chi connectivity index (χ2v) is 12.4. The van der Waals surface area contributed by atoms with Crippen molar-refractivity contribution in [2.75, 3.05) is 0 Å². The summed E-state index contributed by atoms with van der Waals surface area (Å²) in [7, 11) is 0. The van der Waals surface area contributed by atoms with Gasteiger partial charge in [-0.3, -0.25) is 4.40 Å². The van der Waals surface area contributed by atoms with Crippen molar-refractivity contribution >= 4 is 59.9 Å². The molecule has 218 valence electrons. The molecule has 8 aromatic carbocycles. The van der Waals surface area contributed by atoms with Gasteiger partial charge < -0.3 is 0 Å². The van der Waals surface area contributed by atoms with Crippen LogP contribution in [0.3, 0.4) is 0 Å². The number of pyridine rings is 1. The van der Waals surface area contributed by atoms with Gasteiger partial charge in [-0.05, 0) is 67.1 Å². The van der Waals surface area contributed by atoms with Gasteiger partial charge >= 0.3 is 0 Å². The largest absolute Gasteiger partial charge is 0.292 e. The summed E-state index contributed by atoms with van der Waals surface area (Å²) in [5.74, 6) is 0. The predicted octanol–water partition coefficient (Wildman–Crippen LogP) is 12.1. The van der Waals surface area contributed by atoms with Crippen LogP contribution in [0.15, 0.2) is 170 Å². The van der Waals surface area contributed by atoms with Crippen LogP contribution in [0.1, 0.15) is 0 Å². The quantitative estimate of drug-likeness (QED) is 0.185. The Hall–Kier alpha value is -6.25. The Labute approximate surface area is 271 Å². The van der Waals surface area contributed by atoms with Gasteiger partial charge in [-0.25, -0.2) is 4.98 Å². The van der Waals surface area contributed by atoms with Gasteiger partial charge in [-0.2, -0.15) is 0 Å². The van der Waals surface area contributed by atoms with E-state index < -0.39 is 0 Å². The lowest BCUT2D eigenvalue weighted by atomic mass is 9.96. The summed E-state index contributed by atoms with van der Waals surface area (Å²) in [6.45, 7) is 0. The number of rotatable bonds is 3. The Bertz CT molecular complexity index is 2810. The van der Waals surface area contributed by atoms with Crippen molar-refractivity contribution in [3.05, 3.63) is 170 Å². The summed E-state index contributed by atoms with van der Waals surface area (Å²) in [6.07, 6.45) is 0. The van der Waals surface area contributed by atoms with Crippen LogP contribution in [-0.4, -0.2) is 9.38 Å². The van der Waals surface area contributed by atoms with E-state index in [2.05, 4.69) is 174 Å². The predicted molar refractivity (Wildman–Crippen MR) is 199 cm³/mol. The minimum Gasteiger partial charge on any atom is -0.292 e. The van der Waals surface area contributed by atoms with Gasteiger partial charge in [-0.15, -0.1) is 0 Å². The zero-order valence-electron chi connectivity index (χ0n) is 25.6. The highest BCUT2D eigenvalue weighted by molar-refractivity contribution is 6.24. The van der Waals surface area contributed by atoms with E-state index in [0.29, 0.717) is 0 Å². The fraction of sp³-hybridized carbons (Fsp3) is 0. The number of benzene rings is 8. The molecule has 0 atom stereocenters. The molecule has 0 amide bonds. The maximum absolute atomic E-state index is 5.41. The zero-order chi connectivity index (χ0) is 30.9. The van der Waals surface area contributed by atoms with Gasteiger partial charge in [0.2, 0.25) is 0 Å². The second kappa shape index (κ2) is 10.1. The van der Waals surface area contributed by atoms with Crippen molar-refractivity contribution in [3.8, 4) is 33.4 Å². The maximum atomic E-state index is 5.41. The average molecular weight is 597 g/mol. The minimum absolute atomic E-state index is 1.00. The first-order valence-electron chi connectivity index (χ1n) is 16.1. The molecule has 0 aliphatic carbocycles. The van der Waals surface area contributed by atoms with Crippen molar-refractivity contribution in [1.29, 1.82) is 0 Å². The summed E-state index contributed by atoms with van der Waals surface area (Å²) in [4.78, 5) is 5.41. The third kappa shape index (κ3) is 4.02. The van der Waals surface area contributed by atoms with Crippen LogP contribution in [0.2, 0.25) is 0 Å². The van der Waals surface area contributed by atoms with Crippen LogP contribution >= 0.6 is 0 Å². The molecule has 2 aromatic heterocycles. The molecular formula is C45H28N2. The van der Waals surface area contributed by atoms with Crippen molar-refractivity contribution < 1.29 is 0 Å². The summed E-state index contributed by atoms with van der Waals surface area (Å²) in [6, 6.07) is 61.4. The van der Waals surface area contributed by atoms with Crippen molar-refractivity contribution in [3.63, 3.8) is 0 Å². The summed E-state index contributed by atoms with van der Waals surface area (Å²) < 4.78 is 2.39. The second-order valence-electron chi connectivity index (χ2n) is 12.4. The van der Waals surface area contributed by atoms with E-state index in [-0.39, 0.29) is 0 Å². The molecule has 2 heteroatoms. The lowest BCUT2D eigenvalue weighted by Gasteiger charge is -2.13. The fourth-order valence-electron chi connectivity index (χ4n) is 7.42. The minimum atomic E-state index is 1.00. The van der Waals surface area contributed by atoms with Gasteiger partial charge in [0.15, 0.2) is 0 Å². The Morgan fingerprint density at radius 2 is 0.851 bits per heavy atom. The third-order valence-electron chi connectivity index (χ3n) is 9.77. The molecule has 47 heavy (non-hydrogen) atoms. The Morgan fingerprint density at radius 3 is 1.55 bits per heavy atom. The van der Waals surface area contributed by atoms with E-state index in [1.165, 1.54) is 76.6 Å². The first-order chi connectivity index (χ1) is 23.3. The van der Waals surface area contributed by atoms with Gasteiger partial charge in [0, 0.05) is 16.2 Å². The molecule has 0 aliphatic rings. The van der Waals surface area contributed by atoms with E-state index in [0.717, 1.165) is 16.7 Å². The Kier molecular flexibility index (Phi) is 5.61. The number of fused-ring (bicyclic) bond motifs is 12. The topological polar surface area (TPSA) is 17.3 Å². The van der Waals surface area contributed by atoms with E-state index in [9.17, 15) is 0 Å². The molecule has 2 heterocycles. The van der Waals surface area contributed by atoms with Gasteiger partial charge in [0.25, 0.3) is 0 Å². The molecule has 0 fully saturated rings. The standard InChI is InChI=1S/C45H28N2/c1-2-8-29(9-3-1)30-14-16-31(17-15-30)32-18-20-33(21-19-32)36-23-25-39-40-26-22-34-10-4-6-12-37(34)43(40)45-46-44-38-13-7-5-11-35(38)24-27-41(44)47(45)42(39)28-36/h1-28H. The Balaban J connectivity index is 1.16. The average Bonchev–Trinajstić information content (AvgIpc) is 3.55. The fourth-order valence-corrected chi connectivity index (χ4v) is 7.42. The van der Waals surface area contributed by atoms with E-state index >= 15 is 0 Å². The molecule has 0 spiro atoms. The highest BCUT2D eigenvalue weighted by Crippen LogP contribution is 2.39. The third-order valence-corrected chi connectivity index (χ3v) is 9.77. The normalized spacial score (nSPS) is 11.8. The number of nitrogens with zero attached hydrogens (tertiary/aromatic N) is 2. The first-order valence-corrected chi connectivity index (χ1v) is 16.1. The first kappa shape index (κ1) is 26.0. The molecule has 0 N–H and O–H groups in total. The summed E-state index contributed by atoms with van der Waals surface area (Å²) >= 11 is 0. The van der Waals surface area contributed by atoms with Gasteiger partial charge in [0.1, 0.15) is 5.65 Å². The highest BCUT2D eigenvalue weighted by Gasteiger charge is 2.18. The maximum Gasteiger partial charge on any atom is 0.147 e. The van der Waals surface area contributed by atoms with Crippen LogP contribution in [0.5, 0.6) is 0 Å². The molecule has 10 rings (SSSR count). The molecule has 0 radical (unpaired) electrons. The number of aromatic nitrogens is 2. The lowest BCUT2D eigenvalue weighted by molar-refractivity contribution is 1.32. The van der Waals surface area contributed by atoms with Gasteiger partial charge in [0.05, 0.1) is 16.6 Å². The number of imidazole rings is 1.